The summed E-state index contributed by atoms with van der Waals surface area (Å²) in [5.41, 5.74) is 0.658. The van der Waals surface area contributed by atoms with Gasteiger partial charge in [-0.2, -0.15) is 0 Å². The van der Waals surface area contributed by atoms with Crippen molar-refractivity contribution in [2.45, 2.75) is 18.8 Å². The fraction of sp³-hybridized carbons (Fsp3) is 0.375. The molecule has 0 bridgehead atoms. The lowest BCUT2D eigenvalue weighted by atomic mass is 10.2. The van der Waals surface area contributed by atoms with Gasteiger partial charge in [-0.05, 0) is 41.5 Å². The molecule has 3 heteroatoms. The molecule has 1 aliphatic carbocycles. The summed E-state index contributed by atoms with van der Waals surface area (Å²) >= 11 is 2.06. The van der Waals surface area contributed by atoms with Crippen LogP contribution in [0.3, 0.4) is 0 Å². The maximum absolute atomic E-state index is 13.1. The minimum atomic E-state index is -0.139. The van der Waals surface area contributed by atoms with Gasteiger partial charge < -0.3 is 0 Å². The van der Waals surface area contributed by atoms with Crippen LogP contribution >= 0.6 is 22.6 Å². The van der Waals surface area contributed by atoms with E-state index in [1.54, 1.807) is 12.3 Å². The number of hydrogen-bond donors (Lipinski definition) is 0. The fourth-order valence-electron chi connectivity index (χ4n) is 1.08. The Kier molecular flexibility index (Phi) is 1.83. The highest BCUT2D eigenvalue weighted by molar-refractivity contribution is 14.1. The molecule has 1 fully saturated rings. The molecule has 0 N–H and O–H groups in total. The van der Waals surface area contributed by atoms with Gasteiger partial charge in [0.2, 0.25) is 0 Å². The molecule has 1 nitrogen and oxygen atoms in total. The van der Waals surface area contributed by atoms with Crippen molar-refractivity contribution >= 4 is 22.6 Å². The fourth-order valence-corrected chi connectivity index (χ4v) is 1.49. The lowest BCUT2D eigenvalue weighted by Gasteiger charge is -1.98. The number of halogens is 2. The number of nitrogens with zero attached hydrogens (tertiary/aromatic N) is 1. The van der Waals surface area contributed by atoms with Gasteiger partial charge in [-0.25, -0.2) is 4.39 Å². The van der Waals surface area contributed by atoms with Crippen LogP contribution in [0.15, 0.2) is 12.3 Å². The summed E-state index contributed by atoms with van der Waals surface area (Å²) in [6.45, 7) is 0. The van der Waals surface area contributed by atoms with Crippen molar-refractivity contribution in [2.75, 3.05) is 0 Å². The largest absolute Gasteiger partial charge is 0.257 e. The molecule has 0 amide bonds. The van der Waals surface area contributed by atoms with Crippen LogP contribution in [-0.2, 0) is 0 Å². The molecule has 0 atom stereocenters. The Morgan fingerprint density at radius 2 is 2.27 bits per heavy atom. The maximum Gasteiger partial charge on any atom is 0.146 e. The highest BCUT2D eigenvalue weighted by atomic mass is 127. The summed E-state index contributed by atoms with van der Waals surface area (Å²) in [5.74, 6) is 0.270. The maximum atomic E-state index is 13.1. The molecule has 58 valence electrons. The third kappa shape index (κ3) is 1.52. The van der Waals surface area contributed by atoms with E-state index in [1.807, 2.05) is 0 Å². The van der Waals surface area contributed by atoms with Crippen molar-refractivity contribution in [3.8, 4) is 0 Å². The van der Waals surface area contributed by atoms with Crippen molar-refractivity contribution in [1.29, 1.82) is 0 Å². The third-order valence-electron chi connectivity index (χ3n) is 1.80. The molecule has 1 aromatic rings. The molecule has 0 spiro atoms. The Labute approximate surface area is 78.2 Å². The molecular weight excluding hydrogens is 256 g/mol. The van der Waals surface area contributed by atoms with E-state index in [2.05, 4.69) is 27.6 Å². The summed E-state index contributed by atoms with van der Waals surface area (Å²) in [4.78, 5) is 4.06. The first kappa shape index (κ1) is 7.46. The van der Waals surface area contributed by atoms with Gasteiger partial charge >= 0.3 is 0 Å². The van der Waals surface area contributed by atoms with Crippen LogP contribution < -0.4 is 0 Å². The molecule has 1 aromatic heterocycles. The summed E-state index contributed by atoms with van der Waals surface area (Å²) in [5, 5.41) is 0. The van der Waals surface area contributed by atoms with E-state index in [9.17, 15) is 4.39 Å². The van der Waals surface area contributed by atoms with Crippen molar-refractivity contribution < 1.29 is 4.39 Å². The average Bonchev–Trinajstić information content (AvgIpc) is 2.70. The molecule has 11 heavy (non-hydrogen) atoms. The predicted molar refractivity (Wildman–Crippen MR) is 48.9 cm³/mol. The Balaban J connectivity index is 2.39. The SMILES string of the molecule is Fc1cc(I)cnc1C1CC1. The van der Waals surface area contributed by atoms with Crippen LogP contribution in [-0.4, -0.2) is 4.98 Å². The predicted octanol–water partition coefficient (Wildman–Crippen LogP) is 2.70. The van der Waals surface area contributed by atoms with Gasteiger partial charge in [-0.1, -0.05) is 0 Å². The Morgan fingerprint density at radius 1 is 1.55 bits per heavy atom. The molecule has 1 aliphatic rings. The standard InChI is InChI=1S/C8H7FIN/c9-7-3-6(10)4-11-8(7)5-1-2-5/h3-5H,1-2H2. The van der Waals surface area contributed by atoms with Gasteiger partial charge in [0.05, 0.1) is 5.69 Å². The number of rotatable bonds is 1. The van der Waals surface area contributed by atoms with Crippen LogP contribution in [0.5, 0.6) is 0 Å². The first-order chi connectivity index (χ1) is 5.27. The molecule has 0 aromatic carbocycles. The number of pyridine rings is 1. The number of aromatic nitrogens is 1. The smallest absolute Gasteiger partial charge is 0.146 e. The molecule has 0 unspecified atom stereocenters. The van der Waals surface area contributed by atoms with E-state index in [0.29, 0.717) is 11.6 Å². The normalized spacial score (nSPS) is 16.9. The van der Waals surface area contributed by atoms with E-state index < -0.39 is 0 Å². The van der Waals surface area contributed by atoms with Gasteiger partial charge in [0.15, 0.2) is 0 Å². The zero-order valence-corrected chi connectivity index (χ0v) is 8.01. The van der Waals surface area contributed by atoms with Gasteiger partial charge in [0.1, 0.15) is 5.82 Å². The van der Waals surface area contributed by atoms with Gasteiger partial charge in [-0.15, -0.1) is 0 Å². The molecule has 0 radical (unpaired) electrons. The zero-order chi connectivity index (χ0) is 7.84. The van der Waals surface area contributed by atoms with Gasteiger partial charge in [0.25, 0.3) is 0 Å². The van der Waals surface area contributed by atoms with Crippen LogP contribution in [0, 0.1) is 9.39 Å². The monoisotopic (exact) mass is 263 g/mol. The molecular formula is C8H7FIN. The second-order valence-electron chi connectivity index (χ2n) is 2.79. The van der Waals surface area contributed by atoms with E-state index >= 15 is 0 Å². The average molecular weight is 263 g/mol. The first-order valence-corrected chi connectivity index (χ1v) is 4.66. The second-order valence-corrected chi connectivity index (χ2v) is 4.04. The topological polar surface area (TPSA) is 12.9 Å². The number of hydrogen-bond acceptors (Lipinski definition) is 1. The van der Waals surface area contributed by atoms with E-state index in [1.165, 1.54) is 0 Å². The van der Waals surface area contributed by atoms with Crippen molar-refractivity contribution in [3.05, 3.63) is 27.3 Å². The minimum absolute atomic E-state index is 0.139. The van der Waals surface area contributed by atoms with Crippen LogP contribution in [0.1, 0.15) is 24.5 Å². The quantitative estimate of drug-likeness (QED) is 0.710. The van der Waals surface area contributed by atoms with E-state index in [-0.39, 0.29) is 5.82 Å². The molecule has 0 aliphatic heterocycles. The molecule has 2 rings (SSSR count). The van der Waals surface area contributed by atoms with Crippen molar-refractivity contribution in [1.82, 2.24) is 4.98 Å². The van der Waals surface area contributed by atoms with E-state index in [0.717, 1.165) is 16.4 Å². The lowest BCUT2D eigenvalue weighted by molar-refractivity contribution is 0.598. The first-order valence-electron chi connectivity index (χ1n) is 3.58. The molecule has 0 saturated heterocycles. The van der Waals surface area contributed by atoms with E-state index in [4.69, 9.17) is 0 Å². The highest BCUT2D eigenvalue weighted by Crippen LogP contribution is 2.40. The Hall–Kier alpha value is -0.190. The van der Waals surface area contributed by atoms with Gasteiger partial charge in [-0.3, -0.25) is 4.98 Å². The lowest BCUT2D eigenvalue weighted by Crippen LogP contribution is -1.92. The minimum Gasteiger partial charge on any atom is -0.257 e. The van der Waals surface area contributed by atoms with Crippen LogP contribution in [0.4, 0.5) is 4.39 Å². The molecule has 1 heterocycles. The molecule has 1 saturated carbocycles. The van der Waals surface area contributed by atoms with Crippen molar-refractivity contribution in [3.63, 3.8) is 0 Å². The Bertz CT molecular complexity index is 283. The van der Waals surface area contributed by atoms with Crippen molar-refractivity contribution in [2.24, 2.45) is 0 Å². The summed E-state index contributed by atoms with van der Waals surface area (Å²) in [6, 6.07) is 1.54. The summed E-state index contributed by atoms with van der Waals surface area (Å²) < 4.78 is 13.9. The van der Waals surface area contributed by atoms with Crippen LogP contribution in [0.2, 0.25) is 0 Å². The second kappa shape index (κ2) is 2.69. The Morgan fingerprint density at radius 3 is 2.82 bits per heavy atom. The summed E-state index contributed by atoms with van der Waals surface area (Å²) in [7, 11) is 0. The van der Waals surface area contributed by atoms with Gasteiger partial charge in [0, 0.05) is 15.7 Å². The zero-order valence-electron chi connectivity index (χ0n) is 5.85. The highest BCUT2D eigenvalue weighted by Gasteiger charge is 2.27. The van der Waals surface area contributed by atoms with Crippen LogP contribution in [0.25, 0.3) is 0 Å². The summed E-state index contributed by atoms with van der Waals surface area (Å²) in [6.07, 6.45) is 3.92. The third-order valence-corrected chi connectivity index (χ3v) is 2.39.